The number of rotatable bonds is 3. The third kappa shape index (κ3) is 3.32. The first-order valence-corrected chi connectivity index (χ1v) is 5.32. The number of aryl methyl sites for hydroxylation is 2. The highest BCUT2D eigenvalue weighted by molar-refractivity contribution is 6.18. The molecule has 0 aliphatic rings. The highest BCUT2D eigenvalue weighted by Gasteiger charge is 2.19. The van der Waals surface area contributed by atoms with Crippen LogP contribution in [-0.4, -0.2) is 16.6 Å². The monoisotopic (exact) mass is 212 g/mol. The van der Waals surface area contributed by atoms with Crippen molar-refractivity contribution >= 4 is 11.6 Å². The molecule has 1 atom stereocenters. The molecule has 0 aromatic heterocycles. The Morgan fingerprint density at radius 1 is 1.21 bits per heavy atom. The number of benzene rings is 1. The van der Waals surface area contributed by atoms with Crippen molar-refractivity contribution in [3.05, 3.63) is 34.9 Å². The van der Waals surface area contributed by atoms with Crippen LogP contribution in [-0.2, 0) is 6.42 Å². The summed E-state index contributed by atoms with van der Waals surface area (Å²) in [6.45, 7) is 5.88. The lowest BCUT2D eigenvalue weighted by Gasteiger charge is -2.20. The fourth-order valence-electron chi connectivity index (χ4n) is 1.66. The highest BCUT2D eigenvalue weighted by atomic mass is 35.5. The minimum Gasteiger partial charge on any atom is -0.389 e. The van der Waals surface area contributed by atoms with Gasteiger partial charge in [0.1, 0.15) is 0 Å². The predicted molar refractivity (Wildman–Crippen MR) is 61.0 cm³/mol. The van der Waals surface area contributed by atoms with Gasteiger partial charge in [-0.3, -0.25) is 0 Å². The molecule has 78 valence electrons. The quantitative estimate of drug-likeness (QED) is 0.764. The molecule has 0 heterocycles. The van der Waals surface area contributed by atoms with E-state index in [1.165, 1.54) is 11.1 Å². The van der Waals surface area contributed by atoms with Gasteiger partial charge in [0.25, 0.3) is 0 Å². The van der Waals surface area contributed by atoms with Crippen molar-refractivity contribution in [2.75, 3.05) is 5.88 Å². The van der Waals surface area contributed by atoms with Crippen LogP contribution in [0.3, 0.4) is 0 Å². The maximum atomic E-state index is 9.83. The van der Waals surface area contributed by atoms with E-state index in [1.54, 1.807) is 6.92 Å². The number of halogens is 1. The van der Waals surface area contributed by atoms with Crippen molar-refractivity contribution in [3.63, 3.8) is 0 Å². The molecule has 0 saturated heterocycles. The predicted octanol–water partition coefficient (Wildman–Crippen LogP) is 2.84. The molecule has 14 heavy (non-hydrogen) atoms. The Labute approximate surface area is 90.7 Å². The first-order valence-electron chi connectivity index (χ1n) is 4.78. The summed E-state index contributed by atoms with van der Waals surface area (Å²) >= 11 is 5.67. The topological polar surface area (TPSA) is 20.2 Å². The van der Waals surface area contributed by atoms with E-state index in [4.69, 9.17) is 11.6 Å². The molecule has 1 rings (SSSR count). The van der Waals surface area contributed by atoms with Crippen molar-refractivity contribution in [3.8, 4) is 0 Å². The second-order valence-electron chi connectivity index (χ2n) is 4.30. The van der Waals surface area contributed by atoms with E-state index in [9.17, 15) is 5.11 Å². The molecule has 0 saturated carbocycles. The van der Waals surface area contributed by atoms with Gasteiger partial charge in [-0.05, 0) is 26.3 Å². The minimum atomic E-state index is -0.804. The fraction of sp³-hybridized carbons (Fsp3) is 0.500. The number of hydrogen-bond acceptors (Lipinski definition) is 1. The molecular formula is C12H17ClO. The molecule has 1 aromatic carbocycles. The van der Waals surface area contributed by atoms with Crippen LogP contribution < -0.4 is 0 Å². The van der Waals surface area contributed by atoms with Gasteiger partial charge in [-0.2, -0.15) is 0 Å². The Hall–Kier alpha value is -0.530. The summed E-state index contributed by atoms with van der Waals surface area (Å²) in [6.07, 6.45) is 0.610. The molecule has 2 heteroatoms. The summed E-state index contributed by atoms with van der Waals surface area (Å²) in [7, 11) is 0. The normalized spacial score (nSPS) is 15.2. The zero-order chi connectivity index (χ0) is 10.8. The molecule has 0 spiro atoms. The zero-order valence-corrected chi connectivity index (χ0v) is 9.73. The van der Waals surface area contributed by atoms with E-state index >= 15 is 0 Å². The summed E-state index contributed by atoms with van der Waals surface area (Å²) in [4.78, 5) is 0. The molecule has 1 N–H and O–H groups in total. The summed E-state index contributed by atoms with van der Waals surface area (Å²) in [5.74, 6) is 0.264. The summed E-state index contributed by atoms with van der Waals surface area (Å²) in [6, 6.07) is 6.31. The van der Waals surface area contributed by atoms with E-state index < -0.39 is 5.60 Å². The number of aliphatic hydroxyl groups is 1. The van der Waals surface area contributed by atoms with Crippen molar-refractivity contribution < 1.29 is 5.11 Å². The Bertz CT molecular complexity index is 298. The lowest BCUT2D eigenvalue weighted by Crippen LogP contribution is -2.29. The summed E-state index contributed by atoms with van der Waals surface area (Å²) in [5.41, 5.74) is 2.80. The van der Waals surface area contributed by atoms with Crippen LogP contribution in [0.25, 0.3) is 0 Å². The Kier molecular flexibility index (Phi) is 3.57. The Morgan fingerprint density at radius 2 is 1.71 bits per heavy atom. The largest absolute Gasteiger partial charge is 0.389 e. The molecule has 0 radical (unpaired) electrons. The molecular weight excluding hydrogens is 196 g/mol. The van der Waals surface area contributed by atoms with Crippen molar-refractivity contribution in [2.45, 2.75) is 32.8 Å². The highest BCUT2D eigenvalue weighted by Crippen LogP contribution is 2.17. The Balaban J connectivity index is 2.87. The third-order valence-corrected chi connectivity index (χ3v) is 2.73. The molecule has 1 unspecified atom stereocenters. The van der Waals surface area contributed by atoms with Gasteiger partial charge in [0.15, 0.2) is 0 Å². The first-order chi connectivity index (χ1) is 6.43. The number of hydrogen-bond donors (Lipinski definition) is 1. The molecule has 1 nitrogen and oxygen atoms in total. The smallest absolute Gasteiger partial charge is 0.0794 e. The average molecular weight is 213 g/mol. The van der Waals surface area contributed by atoms with E-state index in [0.29, 0.717) is 6.42 Å². The summed E-state index contributed by atoms with van der Waals surface area (Å²) in [5, 5.41) is 9.83. The third-order valence-electron chi connectivity index (χ3n) is 2.15. The van der Waals surface area contributed by atoms with Gasteiger partial charge >= 0.3 is 0 Å². The van der Waals surface area contributed by atoms with Gasteiger partial charge in [-0.25, -0.2) is 0 Å². The second-order valence-corrected chi connectivity index (χ2v) is 4.57. The molecule has 0 aliphatic carbocycles. The lowest BCUT2D eigenvalue weighted by atomic mass is 9.96. The molecule has 0 fully saturated rings. The Morgan fingerprint density at radius 3 is 2.14 bits per heavy atom. The molecule has 0 amide bonds. The van der Waals surface area contributed by atoms with E-state index in [-0.39, 0.29) is 5.88 Å². The van der Waals surface area contributed by atoms with Gasteiger partial charge in [-0.1, -0.05) is 29.3 Å². The van der Waals surface area contributed by atoms with Crippen molar-refractivity contribution in [2.24, 2.45) is 0 Å². The van der Waals surface area contributed by atoms with Crippen LogP contribution in [0.4, 0.5) is 0 Å². The summed E-state index contributed by atoms with van der Waals surface area (Å²) < 4.78 is 0. The van der Waals surface area contributed by atoms with Gasteiger partial charge in [0.05, 0.1) is 11.5 Å². The van der Waals surface area contributed by atoms with Gasteiger partial charge in [0.2, 0.25) is 0 Å². The lowest BCUT2D eigenvalue weighted by molar-refractivity contribution is 0.0846. The van der Waals surface area contributed by atoms with Crippen LogP contribution >= 0.6 is 11.6 Å². The maximum Gasteiger partial charge on any atom is 0.0794 e. The molecule has 0 bridgehead atoms. The SMILES string of the molecule is Cc1cc(C)cc(CC(C)(O)CCl)c1. The van der Waals surface area contributed by atoms with Crippen LogP contribution in [0.1, 0.15) is 23.6 Å². The molecule has 0 aliphatic heterocycles. The van der Waals surface area contributed by atoms with E-state index in [0.717, 1.165) is 5.56 Å². The van der Waals surface area contributed by atoms with Gasteiger partial charge in [0, 0.05) is 6.42 Å². The zero-order valence-electron chi connectivity index (χ0n) is 8.97. The fourth-order valence-corrected chi connectivity index (χ4v) is 1.75. The maximum absolute atomic E-state index is 9.83. The van der Waals surface area contributed by atoms with Gasteiger partial charge < -0.3 is 5.11 Å². The second kappa shape index (κ2) is 4.33. The standard InChI is InChI=1S/C12H17ClO/c1-9-4-10(2)6-11(5-9)7-12(3,14)8-13/h4-6,14H,7-8H2,1-3H3. The van der Waals surface area contributed by atoms with Crippen LogP contribution in [0.15, 0.2) is 18.2 Å². The number of alkyl halides is 1. The van der Waals surface area contributed by atoms with Crippen LogP contribution in [0.2, 0.25) is 0 Å². The van der Waals surface area contributed by atoms with E-state index in [1.807, 2.05) is 0 Å². The van der Waals surface area contributed by atoms with Crippen molar-refractivity contribution in [1.29, 1.82) is 0 Å². The van der Waals surface area contributed by atoms with Crippen molar-refractivity contribution in [1.82, 2.24) is 0 Å². The van der Waals surface area contributed by atoms with Crippen LogP contribution in [0.5, 0.6) is 0 Å². The molecule has 1 aromatic rings. The van der Waals surface area contributed by atoms with E-state index in [2.05, 4.69) is 32.0 Å². The van der Waals surface area contributed by atoms with Gasteiger partial charge in [-0.15, -0.1) is 11.6 Å². The first kappa shape index (κ1) is 11.5. The van der Waals surface area contributed by atoms with Crippen LogP contribution in [0, 0.1) is 13.8 Å². The average Bonchev–Trinajstić information content (AvgIpc) is 2.01. The minimum absolute atomic E-state index is 0.264.